The van der Waals surface area contributed by atoms with Gasteiger partial charge in [0, 0.05) is 72.6 Å². The summed E-state index contributed by atoms with van der Waals surface area (Å²) >= 11 is 0. The summed E-state index contributed by atoms with van der Waals surface area (Å²) in [7, 11) is -2.21. The largest absolute Gasteiger partial charge is 0.509 e. The summed E-state index contributed by atoms with van der Waals surface area (Å²) in [4.78, 5) is 11.4. The summed E-state index contributed by atoms with van der Waals surface area (Å²) in [6.07, 6.45) is 1.90. The fraction of sp³-hybridized carbons (Fsp3) is 0.250. The maximum Gasteiger partial charge on any atom is 0.135 e. The second-order valence-corrected chi connectivity index (χ2v) is 29.9. The van der Waals surface area contributed by atoms with Crippen molar-refractivity contribution < 1.29 is 32.7 Å². The van der Waals surface area contributed by atoms with Gasteiger partial charge in [-0.3, -0.25) is 0 Å². The molecule has 11 rings (SSSR count). The Balaban J connectivity index is 0.00000786. The van der Waals surface area contributed by atoms with Crippen molar-refractivity contribution in [3.8, 4) is 44.9 Å². The summed E-state index contributed by atoms with van der Waals surface area (Å²) in [5.41, 5.74) is 13.9. The van der Waals surface area contributed by atoms with Crippen LogP contribution in [0.15, 0.2) is 182 Å². The number of hydrogen-bond acceptors (Lipinski definition) is 5. The molecule has 2 aliphatic heterocycles. The van der Waals surface area contributed by atoms with Gasteiger partial charge in [0.25, 0.3) is 0 Å². The maximum absolute atomic E-state index is 9.41. The number of fused-ring (bicyclic) bond motifs is 3. The number of rotatable bonds is 8. The minimum absolute atomic E-state index is 0. The van der Waals surface area contributed by atoms with Crippen LogP contribution in [0.25, 0.3) is 33.4 Å². The van der Waals surface area contributed by atoms with Gasteiger partial charge in [-0.1, -0.05) is 211 Å². The number of hydrogen-bond donors (Lipinski definition) is 0. The summed E-state index contributed by atoms with van der Waals surface area (Å²) in [6.45, 7) is 33.7. The van der Waals surface area contributed by atoms with Crippen LogP contribution in [-0.2, 0) is 42.7 Å². The molecule has 5 nitrogen and oxygen atoms in total. The molecule has 3 heterocycles. The fourth-order valence-corrected chi connectivity index (χ4v) is 13.7. The molecular weight excluding hydrogens is 1160 g/mol. The Morgan fingerprint density at radius 2 is 1.04 bits per heavy atom. The monoisotopic (exact) mass is 1240 g/mol. The van der Waals surface area contributed by atoms with E-state index in [1.54, 1.807) is 0 Å². The molecule has 0 amide bonds. The van der Waals surface area contributed by atoms with E-state index >= 15 is 0 Å². The number of anilines is 7. The number of para-hydroxylation sites is 4. The predicted octanol–water partition coefficient (Wildman–Crippen LogP) is 18.7. The van der Waals surface area contributed by atoms with Crippen molar-refractivity contribution in [3.05, 3.63) is 223 Å². The summed E-state index contributed by atoms with van der Waals surface area (Å²) in [5, 5.41) is 2.57. The molecule has 8 aromatic carbocycles. The Morgan fingerprint density at radius 1 is 0.494 bits per heavy atom. The van der Waals surface area contributed by atoms with Crippen LogP contribution >= 0.6 is 0 Å². The minimum Gasteiger partial charge on any atom is -0.509 e. The van der Waals surface area contributed by atoms with Crippen molar-refractivity contribution >= 4 is 58.4 Å². The molecular formula is C72H73N4OPtSi-3. The van der Waals surface area contributed by atoms with Gasteiger partial charge in [-0.2, -0.15) is 12.1 Å². The first-order valence-corrected chi connectivity index (χ1v) is 30.2. The van der Waals surface area contributed by atoms with Crippen LogP contribution in [0, 0.1) is 18.8 Å². The van der Waals surface area contributed by atoms with Gasteiger partial charge >= 0.3 is 0 Å². The molecule has 79 heavy (non-hydrogen) atoms. The number of ether oxygens (including phenoxy) is 1. The van der Waals surface area contributed by atoms with Crippen LogP contribution in [0.4, 0.5) is 39.9 Å². The number of nitrogens with zero attached hydrogens (tertiary/aromatic N) is 4. The third kappa shape index (κ3) is 10.7. The third-order valence-electron chi connectivity index (χ3n) is 15.5. The van der Waals surface area contributed by atoms with Gasteiger partial charge in [-0.15, -0.1) is 47.9 Å². The summed E-state index contributed by atoms with van der Waals surface area (Å²) < 4.78 is 52.0. The standard InChI is InChI=1S/C72H73N4OSi.Pt/c1-69(2,3)52-36-37-73-67(44-52)76-63-32-20-21-33-65(63)78(13,14)66-35-34-58(46-64(66)76)77-57-27-22-26-56(45-57)74-47-75(62-31-19-18-30-61(62)74)68-59(48-24-16-15-17-25-48)28-23-29-60(68)51-38-49(39-53(42-51)70(4,5)6)50-40-54(71(7,8)9)43-55(41-50)72(10,11)12;/h15-44,47H,1-14H3;/q-3;/i15D,16D,17D,24D,25D;. The number of pyridine rings is 1. The first kappa shape index (κ1) is 49.1. The average molecular weight is 1240 g/mol. The van der Waals surface area contributed by atoms with Gasteiger partial charge in [0.15, 0.2) is 0 Å². The zero-order valence-electron chi connectivity index (χ0n) is 53.0. The van der Waals surface area contributed by atoms with Crippen LogP contribution in [0.2, 0.25) is 13.1 Å². The van der Waals surface area contributed by atoms with Crippen LogP contribution < -0.4 is 29.8 Å². The molecule has 0 bridgehead atoms. The summed E-state index contributed by atoms with van der Waals surface area (Å²) in [5.74, 6) is 1.86. The van der Waals surface area contributed by atoms with Gasteiger partial charge in [0.1, 0.15) is 5.82 Å². The van der Waals surface area contributed by atoms with E-state index in [1.165, 1.54) is 27.1 Å². The van der Waals surface area contributed by atoms with Crippen molar-refractivity contribution in [2.75, 3.05) is 14.7 Å². The molecule has 0 radical (unpaired) electrons. The van der Waals surface area contributed by atoms with Gasteiger partial charge < -0.3 is 19.4 Å². The van der Waals surface area contributed by atoms with Crippen molar-refractivity contribution in [1.82, 2.24) is 4.98 Å². The zero-order chi connectivity index (χ0) is 59.5. The molecule has 1 aromatic heterocycles. The van der Waals surface area contributed by atoms with E-state index in [-0.39, 0.29) is 60.4 Å². The Morgan fingerprint density at radius 3 is 1.68 bits per heavy atom. The average Bonchev–Trinajstić information content (AvgIpc) is 2.86. The molecule has 0 aliphatic carbocycles. The van der Waals surface area contributed by atoms with Crippen molar-refractivity contribution in [1.29, 1.82) is 0 Å². The topological polar surface area (TPSA) is 31.8 Å². The van der Waals surface area contributed by atoms with Crippen molar-refractivity contribution in [3.63, 3.8) is 0 Å². The quantitative estimate of drug-likeness (QED) is 0.112. The first-order chi connectivity index (χ1) is 39.0. The van der Waals surface area contributed by atoms with Crippen LogP contribution in [0.3, 0.4) is 0 Å². The Bertz CT molecular complexity index is 4000. The third-order valence-corrected chi connectivity index (χ3v) is 19.0. The normalized spacial score (nSPS) is 15.0. The molecule has 0 atom stereocenters. The predicted molar refractivity (Wildman–Crippen MR) is 332 cm³/mol. The van der Waals surface area contributed by atoms with E-state index in [4.69, 9.17) is 13.8 Å². The molecule has 7 heteroatoms. The van der Waals surface area contributed by atoms with Gasteiger partial charge in [-0.05, 0) is 108 Å². The van der Waals surface area contributed by atoms with Crippen LogP contribution in [-0.4, -0.2) is 13.1 Å². The molecule has 0 saturated carbocycles. The molecule has 0 N–H and O–H groups in total. The smallest absolute Gasteiger partial charge is 0.135 e. The maximum atomic E-state index is 9.41. The molecule has 9 aromatic rings. The summed E-state index contributed by atoms with van der Waals surface area (Å²) in [6, 6.07) is 56.4. The van der Waals surface area contributed by atoms with E-state index in [9.17, 15) is 2.74 Å². The van der Waals surface area contributed by atoms with E-state index in [1.807, 2.05) is 61.4 Å². The molecule has 2 aliphatic rings. The Kier molecular flexibility index (Phi) is 12.8. The first-order valence-electron chi connectivity index (χ1n) is 29.7. The molecule has 0 fully saturated rings. The van der Waals surface area contributed by atoms with Gasteiger partial charge in [-0.25, -0.2) is 4.98 Å². The van der Waals surface area contributed by atoms with Crippen LogP contribution in [0.1, 0.15) is 112 Å². The molecule has 404 valence electrons. The van der Waals surface area contributed by atoms with E-state index in [2.05, 4.69) is 220 Å². The molecule has 0 spiro atoms. The Hall–Kier alpha value is -6.98. The molecule has 0 saturated heterocycles. The minimum atomic E-state index is -2.21. The fourth-order valence-electron chi connectivity index (χ4n) is 10.8. The van der Waals surface area contributed by atoms with E-state index in [0.29, 0.717) is 28.4 Å². The van der Waals surface area contributed by atoms with E-state index < -0.39 is 26.2 Å². The van der Waals surface area contributed by atoms with E-state index in [0.717, 1.165) is 56.4 Å². The van der Waals surface area contributed by atoms with Gasteiger partial charge in [0.05, 0.1) is 14.9 Å². The Labute approximate surface area is 493 Å². The van der Waals surface area contributed by atoms with Crippen LogP contribution in [0.5, 0.6) is 11.5 Å². The van der Waals surface area contributed by atoms with Gasteiger partial charge in [0.2, 0.25) is 0 Å². The molecule has 0 unspecified atom stereocenters. The van der Waals surface area contributed by atoms with Crippen molar-refractivity contribution in [2.45, 2.75) is 118 Å². The second-order valence-electron chi connectivity index (χ2n) is 25.6. The number of benzene rings is 8. The zero-order valence-corrected chi connectivity index (χ0v) is 51.3. The SMILES string of the molecule is [2H]c1c([2H])c([2H])c(-c2cccc(-c3cc(-c4cc(C(C)(C)C)cc(C(C)(C)C)c4)cc(C(C)(C)C)c3)c2N2[CH-]N(c3[c-]c(Oc4[c-]c5c(cc4)[Si](C)(C)c4ccccc4N5c4cc(C(C)(C)C)ccn4)ccc3)c3ccccc32)c([2H])c1[2H].[Pt]. The second kappa shape index (κ2) is 20.6. The number of aromatic nitrogens is 1. The van der Waals surface area contributed by atoms with Crippen molar-refractivity contribution in [2.24, 2.45) is 0 Å².